The van der Waals surface area contributed by atoms with Crippen molar-refractivity contribution >= 4 is 21.4 Å². The van der Waals surface area contributed by atoms with E-state index in [2.05, 4.69) is 49.8 Å². The molecular weight excluding hydrogens is 344 g/mol. The highest BCUT2D eigenvalue weighted by Gasteiger charge is 2.44. The summed E-state index contributed by atoms with van der Waals surface area (Å²) in [5, 5.41) is 1.02. The van der Waals surface area contributed by atoms with Crippen molar-refractivity contribution in [3.05, 3.63) is 51.7 Å². The third-order valence-electron chi connectivity index (χ3n) is 5.83. The lowest BCUT2D eigenvalue weighted by molar-refractivity contribution is 0.00813. The summed E-state index contributed by atoms with van der Waals surface area (Å²) in [4.78, 5) is 21.4. The number of pyridine rings is 2. The van der Waals surface area contributed by atoms with Crippen molar-refractivity contribution in [3.63, 3.8) is 0 Å². The first kappa shape index (κ1) is 17.4. The minimum atomic E-state index is -0.233. The fourth-order valence-electron chi connectivity index (χ4n) is 3.65. The Morgan fingerprint density at radius 2 is 2.08 bits per heavy atom. The number of rotatable bonds is 1. The van der Waals surface area contributed by atoms with E-state index < -0.39 is 0 Å². The summed E-state index contributed by atoms with van der Waals surface area (Å²) in [7, 11) is 0. The Hall–Kier alpha value is -1.98. The van der Waals surface area contributed by atoms with E-state index in [1.165, 1.54) is 11.3 Å². The van der Waals surface area contributed by atoms with E-state index in [4.69, 9.17) is 4.74 Å². The van der Waals surface area contributed by atoms with Crippen LogP contribution in [-0.2, 0) is 16.8 Å². The lowest BCUT2D eigenvalue weighted by atomic mass is 9.64. The van der Waals surface area contributed by atoms with Crippen molar-refractivity contribution in [1.29, 1.82) is 0 Å². The monoisotopic (exact) mass is 368 g/mol. The van der Waals surface area contributed by atoms with Crippen LogP contribution in [0.5, 0.6) is 0 Å². The van der Waals surface area contributed by atoms with Gasteiger partial charge >= 0.3 is 0 Å². The fraction of sp³-hybridized carbons (Fsp3) is 0.429. The van der Waals surface area contributed by atoms with E-state index in [0.29, 0.717) is 13.2 Å². The maximum Gasteiger partial charge on any atom is 0.266 e. The predicted molar refractivity (Wildman–Crippen MR) is 107 cm³/mol. The SMILES string of the molecule is Cc1cc(-c2cc3c4c([nH]c(=O)c3s2)[C@](C)(C(C)(C)C)COC4)ccn1. The Kier molecular flexibility index (Phi) is 3.86. The number of nitrogens with zero attached hydrogens (tertiary/aromatic N) is 1. The van der Waals surface area contributed by atoms with Crippen LogP contribution in [0.1, 0.15) is 44.6 Å². The molecule has 0 fully saturated rings. The van der Waals surface area contributed by atoms with Crippen LogP contribution in [-0.4, -0.2) is 16.6 Å². The van der Waals surface area contributed by atoms with Crippen molar-refractivity contribution in [2.24, 2.45) is 5.41 Å². The van der Waals surface area contributed by atoms with Gasteiger partial charge in [0.15, 0.2) is 0 Å². The second kappa shape index (κ2) is 5.76. The maximum atomic E-state index is 12.9. The molecule has 1 atom stereocenters. The normalized spacial score (nSPS) is 20.3. The van der Waals surface area contributed by atoms with Gasteiger partial charge in [0.25, 0.3) is 5.56 Å². The molecule has 26 heavy (non-hydrogen) atoms. The number of thiophene rings is 1. The summed E-state index contributed by atoms with van der Waals surface area (Å²) < 4.78 is 6.77. The molecule has 0 amide bonds. The van der Waals surface area contributed by atoms with E-state index in [0.717, 1.165) is 37.5 Å². The maximum absolute atomic E-state index is 12.9. The van der Waals surface area contributed by atoms with Gasteiger partial charge in [-0.1, -0.05) is 27.7 Å². The highest BCUT2D eigenvalue weighted by atomic mass is 32.1. The first-order chi connectivity index (χ1) is 12.2. The molecule has 0 unspecified atom stereocenters. The van der Waals surface area contributed by atoms with E-state index in [1.807, 2.05) is 19.2 Å². The number of aryl methyl sites for hydroxylation is 1. The Bertz CT molecular complexity index is 1060. The standard InChI is InChI=1S/C21H24N2O2S/c1-12-8-13(6-7-22-12)16-9-14-15-10-25-11-21(5,20(2,3)4)18(15)23-19(24)17(14)26-16/h6-9H,10-11H2,1-5H3,(H,23,24)/t21-/m1/s1. The van der Waals surface area contributed by atoms with Gasteiger partial charge in [-0.15, -0.1) is 11.3 Å². The Labute approximate surface area is 157 Å². The van der Waals surface area contributed by atoms with Crippen LogP contribution in [0.4, 0.5) is 0 Å². The van der Waals surface area contributed by atoms with Crippen LogP contribution in [0.25, 0.3) is 20.5 Å². The quantitative estimate of drug-likeness (QED) is 0.672. The third kappa shape index (κ3) is 2.53. The zero-order chi connectivity index (χ0) is 18.7. The van der Waals surface area contributed by atoms with Crippen molar-refractivity contribution in [1.82, 2.24) is 9.97 Å². The van der Waals surface area contributed by atoms with Crippen molar-refractivity contribution in [2.45, 2.75) is 46.6 Å². The van der Waals surface area contributed by atoms with Gasteiger partial charge in [-0.2, -0.15) is 0 Å². The first-order valence-electron chi connectivity index (χ1n) is 8.91. The van der Waals surface area contributed by atoms with Crippen molar-refractivity contribution < 1.29 is 4.74 Å². The van der Waals surface area contributed by atoms with Gasteiger partial charge in [0.2, 0.25) is 0 Å². The average Bonchev–Trinajstić information content (AvgIpc) is 3.01. The molecule has 4 rings (SSSR count). The smallest absolute Gasteiger partial charge is 0.266 e. The van der Waals surface area contributed by atoms with E-state index in [9.17, 15) is 4.79 Å². The zero-order valence-electron chi connectivity index (χ0n) is 15.9. The highest BCUT2D eigenvalue weighted by molar-refractivity contribution is 7.22. The number of hydrogen-bond donors (Lipinski definition) is 1. The molecule has 0 spiro atoms. The van der Waals surface area contributed by atoms with Crippen LogP contribution >= 0.6 is 11.3 Å². The molecule has 0 saturated carbocycles. The second-order valence-electron chi connectivity index (χ2n) is 8.42. The van der Waals surface area contributed by atoms with Crippen LogP contribution in [0, 0.1) is 12.3 Å². The number of fused-ring (bicyclic) bond motifs is 3. The van der Waals surface area contributed by atoms with Gasteiger partial charge < -0.3 is 9.72 Å². The molecule has 0 saturated heterocycles. The highest BCUT2D eigenvalue weighted by Crippen LogP contribution is 2.46. The van der Waals surface area contributed by atoms with Gasteiger partial charge in [-0.3, -0.25) is 9.78 Å². The molecule has 136 valence electrons. The molecule has 1 aliphatic heterocycles. The van der Waals surface area contributed by atoms with E-state index >= 15 is 0 Å². The molecule has 1 aliphatic rings. The number of nitrogens with one attached hydrogen (secondary N) is 1. The van der Waals surface area contributed by atoms with Crippen molar-refractivity contribution in [3.8, 4) is 10.4 Å². The lowest BCUT2D eigenvalue weighted by Crippen LogP contribution is -2.46. The van der Waals surface area contributed by atoms with Crippen molar-refractivity contribution in [2.75, 3.05) is 6.61 Å². The van der Waals surface area contributed by atoms with Gasteiger partial charge in [-0.05, 0) is 36.1 Å². The molecule has 0 aromatic carbocycles. The summed E-state index contributed by atoms with van der Waals surface area (Å²) in [5.41, 5.74) is 3.96. The van der Waals surface area contributed by atoms with Gasteiger partial charge in [0.1, 0.15) is 4.70 Å². The molecular formula is C21H24N2O2S. The molecule has 3 aromatic rings. The minimum Gasteiger partial charge on any atom is -0.376 e. The summed E-state index contributed by atoms with van der Waals surface area (Å²) in [6, 6.07) is 6.19. The lowest BCUT2D eigenvalue weighted by Gasteiger charge is -2.45. The number of H-pyrrole nitrogens is 1. The largest absolute Gasteiger partial charge is 0.376 e. The first-order valence-corrected chi connectivity index (χ1v) is 9.72. The summed E-state index contributed by atoms with van der Waals surface area (Å²) >= 11 is 1.54. The third-order valence-corrected chi connectivity index (χ3v) is 7.01. The van der Waals surface area contributed by atoms with Crippen LogP contribution in [0.2, 0.25) is 0 Å². The summed E-state index contributed by atoms with van der Waals surface area (Å²) in [6.07, 6.45) is 1.81. The molecule has 1 N–H and O–H groups in total. The zero-order valence-corrected chi connectivity index (χ0v) is 16.7. The molecule has 0 bridgehead atoms. The van der Waals surface area contributed by atoms with Gasteiger partial charge in [0, 0.05) is 38.8 Å². The van der Waals surface area contributed by atoms with Gasteiger partial charge in [-0.25, -0.2) is 0 Å². The van der Waals surface area contributed by atoms with Crippen LogP contribution in [0.3, 0.4) is 0 Å². The molecule has 3 aromatic heterocycles. The molecule has 4 heterocycles. The summed E-state index contributed by atoms with van der Waals surface area (Å²) in [6.45, 7) is 11.9. The van der Waals surface area contributed by atoms with Crippen LogP contribution < -0.4 is 5.56 Å². The number of aromatic nitrogens is 2. The predicted octanol–water partition coefficient (Wildman–Crippen LogP) is 4.79. The number of hydrogen-bond acceptors (Lipinski definition) is 4. The Morgan fingerprint density at radius 1 is 1.31 bits per heavy atom. The molecule has 5 heteroatoms. The number of ether oxygens (including phenoxy) is 1. The topological polar surface area (TPSA) is 55.0 Å². The van der Waals surface area contributed by atoms with Gasteiger partial charge in [0.05, 0.1) is 13.2 Å². The Balaban J connectivity index is 1.98. The molecule has 0 aliphatic carbocycles. The average molecular weight is 369 g/mol. The molecule has 4 nitrogen and oxygen atoms in total. The van der Waals surface area contributed by atoms with E-state index in [1.54, 1.807) is 0 Å². The summed E-state index contributed by atoms with van der Waals surface area (Å²) in [5.74, 6) is 0. The number of aromatic amines is 1. The molecule has 0 radical (unpaired) electrons. The second-order valence-corrected chi connectivity index (χ2v) is 9.47. The minimum absolute atomic E-state index is 0.00171. The fourth-order valence-corrected chi connectivity index (χ4v) is 4.72. The Morgan fingerprint density at radius 3 is 2.77 bits per heavy atom. The van der Waals surface area contributed by atoms with E-state index in [-0.39, 0.29) is 16.4 Å². The van der Waals surface area contributed by atoms with Crippen LogP contribution in [0.15, 0.2) is 29.2 Å².